The molecular weight excluding hydrogens is 469 g/mol. The van der Waals surface area contributed by atoms with Crippen molar-refractivity contribution in [1.29, 1.82) is 0 Å². The number of rotatable bonds is 5. The molecule has 1 fully saturated rings. The lowest BCUT2D eigenvalue weighted by atomic mass is 9.95. The minimum atomic E-state index is -0.231. The Kier molecular flexibility index (Phi) is 5.78. The van der Waals surface area contributed by atoms with Crippen molar-refractivity contribution in [2.45, 2.75) is 19.8 Å². The first-order chi connectivity index (χ1) is 18.0. The SMILES string of the molecule is Cc1nn(C)cc1-c1cc2c(N3CCN(c4ncc([C@H](C)c5ccc(F)cc5)cn4)CC3)ncnn2c1. The first-order valence-corrected chi connectivity index (χ1v) is 12.4. The van der Waals surface area contributed by atoms with Crippen LogP contribution in [0.15, 0.2) is 61.4 Å². The van der Waals surface area contributed by atoms with Crippen molar-refractivity contribution in [3.8, 4) is 11.1 Å². The van der Waals surface area contributed by atoms with Crippen molar-refractivity contribution in [2.24, 2.45) is 7.05 Å². The standard InChI is InChI=1S/C27H28FN9/c1-18(20-4-6-23(28)7-5-20)22-13-29-27(30-14-22)36-10-8-35(9-11-36)26-25-12-21(15-37(25)32-17-31-26)24-16-34(3)33-19(24)2/h4-7,12-18H,8-11H2,1-3H3/t18-/m1/s1. The summed E-state index contributed by atoms with van der Waals surface area (Å²) in [5.41, 5.74) is 6.18. The summed E-state index contributed by atoms with van der Waals surface area (Å²) in [5, 5.41) is 8.90. The summed E-state index contributed by atoms with van der Waals surface area (Å²) in [7, 11) is 1.93. The van der Waals surface area contributed by atoms with Gasteiger partial charge in [0.15, 0.2) is 5.82 Å². The van der Waals surface area contributed by atoms with Gasteiger partial charge in [0.25, 0.3) is 0 Å². The highest BCUT2D eigenvalue weighted by Crippen LogP contribution is 2.29. The molecule has 0 spiro atoms. The monoisotopic (exact) mass is 497 g/mol. The van der Waals surface area contributed by atoms with Gasteiger partial charge < -0.3 is 9.80 Å². The summed E-state index contributed by atoms with van der Waals surface area (Å²) in [6.45, 7) is 7.28. The molecule has 1 aromatic carbocycles. The van der Waals surface area contributed by atoms with E-state index in [1.807, 2.05) is 60.1 Å². The minimum absolute atomic E-state index is 0.0917. The Labute approximate surface area is 214 Å². The van der Waals surface area contributed by atoms with Crippen LogP contribution in [0.25, 0.3) is 16.6 Å². The number of anilines is 2. The fraction of sp³-hybridized carbons (Fsp3) is 0.296. The number of hydrogen-bond acceptors (Lipinski definition) is 7. The van der Waals surface area contributed by atoms with Crippen molar-refractivity contribution in [1.82, 2.24) is 34.3 Å². The summed E-state index contributed by atoms with van der Waals surface area (Å²) in [4.78, 5) is 18.4. The lowest BCUT2D eigenvalue weighted by Gasteiger charge is -2.35. The van der Waals surface area contributed by atoms with Gasteiger partial charge in [0.2, 0.25) is 5.95 Å². The van der Waals surface area contributed by atoms with Crippen LogP contribution in [0, 0.1) is 12.7 Å². The molecule has 5 heterocycles. The summed E-state index contributed by atoms with van der Waals surface area (Å²) < 4.78 is 17.0. The smallest absolute Gasteiger partial charge is 0.225 e. The normalized spacial score (nSPS) is 14.9. The zero-order valence-corrected chi connectivity index (χ0v) is 21.1. The first kappa shape index (κ1) is 23.1. The fourth-order valence-electron chi connectivity index (χ4n) is 4.97. The maximum absolute atomic E-state index is 13.3. The summed E-state index contributed by atoms with van der Waals surface area (Å²) in [5.74, 6) is 1.51. The van der Waals surface area contributed by atoms with Gasteiger partial charge in [-0.3, -0.25) is 4.68 Å². The van der Waals surface area contributed by atoms with Gasteiger partial charge in [-0.15, -0.1) is 0 Å². The Hall–Kier alpha value is -4.34. The number of nitrogens with zero attached hydrogens (tertiary/aromatic N) is 9. The number of fused-ring (bicyclic) bond motifs is 1. The maximum atomic E-state index is 13.3. The van der Waals surface area contributed by atoms with Crippen LogP contribution in [0.4, 0.5) is 16.2 Å². The van der Waals surface area contributed by atoms with Crippen molar-refractivity contribution in [3.05, 3.63) is 84.1 Å². The Morgan fingerprint density at radius 3 is 2.27 bits per heavy atom. The lowest BCUT2D eigenvalue weighted by Crippen LogP contribution is -2.47. The number of halogens is 1. The molecule has 1 atom stereocenters. The molecule has 0 aliphatic carbocycles. The van der Waals surface area contributed by atoms with Crippen LogP contribution in [0.1, 0.15) is 29.7 Å². The Balaban J connectivity index is 1.16. The zero-order valence-electron chi connectivity index (χ0n) is 21.1. The second kappa shape index (κ2) is 9.27. The molecule has 0 radical (unpaired) electrons. The van der Waals surface area contributed by atoms with Crippen molar-refractivity contribution in [2.75, 3.05) is 36.0 Å². The Morgan fingerprint density at radius 1 is 0.892 bits per heavy atom. The first-order valence-electron chi connectivity index (χ1n) is 12.4. The number of piperazine rings is 1. The van der Waals surface area contributed by atoms with Crippen LogP contribution in [0.3, 0.4) is 0 Å². The molecule has 1 aliphatic rings. The Bertz CT molecular complexity index is 1530. The van der Waals surface area contributed by atoms with Crippen LogP contribution in [0.5, 0.6) is 0 Å². The van der Waals surface area contributed by atoms with E-state index >= 15 is 0 Å². The van der Waals surface area contributed by atoms with Crippen molar-refractivity contribution < 1.29 is 4.39 Å². The highest BCUT2D eigenvalue weighted by molar-refractivity contribution is 5.78. The quantitative estimate of drug-likeness (QED) is 0.365. The van der Waals surface area contributed by atoms with Gasteiger partial charge in [0, 0.05) is 75.1 Å². The molecule has 0 N–H and O–H groups in total. The lowest BCUT2D eigenvalue weighted by molar-refractivity contribution is 0.626. The van der Waals surface area contributed by atoms with Gasteiger partial charge in [-0.05, 0) is 36.2 Å². The van der Waals surface area contributed by atoms with E-state index in [2.05, 4.69) is 47.9 Å². The van der Waals surface area contributed by atoms with E-state index in [0.717, 1.165) is 71.4 Å². The van der Waals surface area contributed by atoms with E-state index in [-0.39, 0.29) is 11.7 Å². The number of hydrogen-bond donors (Lipinski definition) is 0. The third kappa shape index (κ3) is 4.39. The average Bonchev–Trinajstić information content (AvgIpc) is 3.51. The van der Waals surface area contributed by atoms with E-state index in [4.69, 9.17) is 0 Å². The molecule has 5 aromatic rings. The van der Waals surface area contributed by atoms with E-state index in [1.54, 1.807) is 6.33 Å². The van der Waals surface area contributed by atoms with Gasteiger partial charge >= 0.3 is 0 Å². The van der Waals surface area contributed by atoms with Crippen molar-refractivity contribution in [3.63, 3.8) is 0 Å². The molecule has 0 unspecified atom stereocenters. The molecule has 1 saturated heterocycles. The topological polar surface area (TPSA) is 80.3 Å². The van der Waals surface area contributed by atoms with Crippen LogP contribution < -0.4 is 9.80 Å². The van der Waals surface area contributed by atoms with Gasteiger partial charge in [0.05, 0.1) is 5.69 Å². The van der Waals surface area contributed by atoms with E-state index in [0.29, 0.717) is 0 Å². The maximum Gasteiger partial charge on any atom is 0.225 e. The summed E-state index contributed by atoms with van der Waals surface area (Å²) in [6, 6.07) is 8.73. The van der Waals surface area contributed by atoms with Crippen molar-refractivity contribution >= 4 is 17.3 Å². The van der Waals surface area contributed by atoms with Gasteiger partial charge in [-0.2, -0.15) is 10.2 Å². The molecule has 4 aromatic heterocycles. The number of benzene rings is 1. The summed E-state index contributed by atoms with van der Waals surface area (Å²) >= 11 is 0. The van der Waals surface area contributed by atoms with Gasteiger partial charge in [-0.25, -0.2) is 23.9 Å². The van der Waals surface area contributed by atoms with E-state index < -0.39 is 0 Å². The fourth-order valence-corrected chi connectivity index (χ4v) is 4.97. The second-order valence-electron chi connectivity index (χ2n) is 9.51. The molecule has 1 aliphatic heterocycles. The third-order valence-corrected chi connectivity index (χ3v) is 7.10. The zero-order chi connectivity index (χ0) is 25.5. The predicted octanol–water partition coefficient (Wildman–Crippen LogP) is 3.85. The molecule has 9 nitrogen and oxygen atoms in total. The molecule has 0 bridgehead atoms. The van der Waals surface area contributed by atoms with Gasteiger partial charge in [0.1, 0.15) is 17.7 Å². The predicted molar refractivity (Wildman–Crippen MR) is 140 cm³/mol. The summed E-state index contributed by atoms with van der Waals surface area (Å²) in [6.07, 6.45) is 9.42. The van der Waals surface area contributed by atoms with Crippen LogP contribution in [0.2, 0.25) is 0 Å². The van der Waals surface area contributed by atoms with Crippen LogP contribution in [-0.4, -0.2) is 60.5 Å². The largest absolute Gasteiger partial charge is 0.351 e. The van der Waals surface area contributed by atoms with Crippen LogP contribution in [-0.2, 0) is 7.05 Å². The number of aryl methyl sites for hydroxylation is 2. The number of aromatic nitrogens is 7. The van der Waals surface area contributed by atoms with E-state index in [1.165, 1.54) is 12.1 Å². The highest BCUT2D eigenvalue weighted by atomic mass is 19.1. The Morgan fingerprint density at radius 2 is 1.59 bits per heavy atom. The molecule has 0 saturated carbocycles. The molecule has 0 amide bonds. The second-order valence-corrected chi connectivity index (χ2v) is 9.51. The molecular formula is C27H28FN9. The van der Waals surface area contributed by atoms with Gasteiger partial charge in [-0.1, -0.05) is 19.1 Å². The highest BCUT2D eigenvalue weighted by Gasteiger charge is 2.23. The van der Waals surface area contributed by atoms with Crippen LogP contribution >= 0.6 is 0 Å². The third-order valence-electron chi connectivity index (χ3n) is 7.10. The average molecular weight is 498 g/mol. The molecule has 10 heteroatoms. The van der Waals surface area contributed by atoms with E-state index in [9.17, 15) is 4.39 Å². The molecule has 6 rings (SSSR count). The molecule has 37 heavy (non-hydrogen) atoms. The minimum Gasteiger partial charge on any atom is -0.351 e. The molecule has 188 valence electrons.